The molecule has 3 rings (SSSR count). The van der Waals surface area contributed by atoms with Crippen LogP contribution in [-0.2, 0) is 11.3 Å². The van der Waals surface area contributed by atoms with Gasteiger partial charge < -0.3 is 9.26 Å². The van der Waals surface area contributed by atoms with Crippen LogP contribution in [0.1, 0.15) is 16.2 Å². The van der Waals surface area contributed by atoms with Gasteiger partial charge in [-0.1, -0.05) is 41.0 Å². The summed E-state index contributed by atoms with van der Waals surface area (Å²) in [5.74, 6) is -1.03. The van der Waals surface area contributed by atoms with E-state index in [1.807, 2.05) is 0 Å². The molecule has 0 N–H and O–H groups in total. The fraction of sp³-hybridized carbons (Fsp3) is 0.0625. The highest BCUT2D eigenvalue weighted by Gasteiger charge is 2.15. The van der Waals surface area contributed by atoms with Crippen molar-refractivity contribution >= 4 is 17.6 Å². The minimum absolute atomic E-state index is 0.102. The summed E-state index contributed by atoms with van der Waals surface area (Å²) in [6.07, 6.45) is 0. The Kier molecular flexibility index (Phi) is 4.34. The zero-order valence-electron chi connectivity index (χ0n) is 11.7. The summed E-state index contributed by atoms with van der Waals surface area (Å²) in [4.78, 5) is 15.9. The topological polar surface area (TPSA) is 65.2 Å². The Morgan fingerprint density at radius 3 is 2.83 bits per heavy atom. The van der Waals surface area contributed by atoms with Crippen molar-refractivity contribution in [3.05, 3.63) is 70.8 Å². The zero-order valence-corrected chi connectivity index (χ0v) is 12.5. The minimum Gasteiger partial charge on any atom is -0.452 e. The zero-order chi connectivity index (χ0) is 16.2. The van der Waals surface area contributed by atoms with Gasteiger partial charge in [0.25, 0.3) is 5.89 Å². The van der Waals surface area contributed by atoms with Crippen molar-refractivity contribution in [3.8, 4) is 11.4 Å². The molecule has 0 aliphatic heterocycles. The van der Waals surface area contributed by atoms with Crippen LogP contribution in [-0.4, -0.2) is 16.1 Å². The molecule has 0 spiro atoms. The Balaban J connectivity index is 1.68. The molecule has 0 aliphatic carbocycles. The quantitative estimate of drug-likeness (QED) is 0.678. The molecule has 3 aromatic rings. The van der Waals surface area contributed by atoms with Crippen LogP contribution in [0, 0.1) is 5.82 Å². The van der Waals surface area contributed by atoms with Crippen LogP contribution in [0.2, 0.25) is 5.02 Å². The highest BCUT2D eigenvalue weighted by Crippen LogP contribution is 2.20. The van der Waals surface area contributed by atoms with E-state index >= 15 is 0 Å². The number of nitrogens with zero attached hydrogens (tertiary/aromatic N) is 2. The number of aromatic nitrogens is 2. The smallest absolute Gasteiger partial charge is 0.341 e. The Hall–Kier alpha value is -2.73. The summed E-state index contributed by atoms with van der Waals surface area (Å²) >= 11 is 5.90. The number of hydrogen-bond acceptors (Lipinski definition) is 5. The van der Waals surface area contributed by atoms with Crippen LogP contribution in [0.15, 0.2) is 53.1 Å². The van der Waals surface area contributed by atoms with Gasteiger partial charge in [0.2, 0.25) is 5.82 Å². The summed E-state index contributed by atoms with van der Waals surface area (Å²) in [7, 11) is 0. The van der Waals surface area contributed by atoms with E-state index in [0.717, 1.165) is 0 Å². The molecule has 0 atom stereocenters. The standard InChI is InChI=1S/C16H10ClFN2O3/c17-11-5-3-4-10(8-11)15-19-14(23-20-15)9-22-16(21)12-6-1-2-7-13(12)18/h1-8H,9H2. The van der Waals surface area contributed by atoms with Crippen LogP contribution < -0.4 is 0 Å². The van der Waals surface area contributed by atoms with Crippen LogP contribution in [0.25, 0.3) is 11.4 Å². The van der Waals surface area contributed by atoms with E-state index in [-0.39, 0.29) is 18.1 Å². The first-order valence-corrected chi connectivity index (χ1v) is 7.01. The molecule has 0 saturated carbocycles. The third-order valence-electron chi connectivity index (χ3n) is 2.97. The Morgan fingerprint density at radius 2 is 2.04 bits per heavy atom. The summed E-state index contributed by atoms with van der Waals surface area (Å²) in [6, 6.07) is 12.5. The SMILES string of the molecule is O=C(OCc1nc(-c2cccc(Cl)c2)no1)c1ccccc1F. The molecule has 2 aromatic carbocycles. The molecule has 0 fully saturated rings. The first-order valence-electron chi connectivity index (χ1n) is 6.63. The molecule has 0 amide bonds. The molecule has 0 unspecified atom stereocenters. The molecular formula is C16H10ClFN2O3. The lowest BCUT2D eigenvalue weighted by Crippen LogP contribution is -2.07. The van der Waals surface area contributed by atoms with E-state index in [1.54, 1.807) is 30.3 Å². The first-order chi connectivity index (χ1) is 11.1. The van der Waals surface area contributed by atoms with E-state index < -0.39 is 11.8 Å². The first kappa shape index (κ1) is 15.2. The fourth-order valence-corrected chi connectivity index (χ4v) is 2.08. The van der Waals surface area contributed by atoms with Gasteiger partial charge in [0.15, 0.2) is 6.61 Å². The van der Waals surface area contributed by atoms with E-state index in [2.05, 4.69) is 10.1 Å². The summed E-state index contributed by atoms with van der Waals surface area (Å²) in [5.41, 5.74) is 0.523. The molecule has 1 aromatic heterocycles. The number of carbonyl (C=O) groups is 1. The van der Waals surface area contributed by atoms with E-state index in [4.69, 9.17) is 20.9 Å². The summed E-state index contributed by atoms with van der Waals surface area (Å²) in [5, 5.41) is 4.33. The highest BCUT2D eigenvalue weighted by atomic mass is 35.5. The van der Waals surface area contributed by atoms with Crippen molar-refractivity contribution in [2.45, 2.75) is 6.61 Å². The molecule has 1 heterocycles. The van der Waals surface area contributed by atoms with Gasteiger partial charge in [-0.05, 0) is 24.3 Å². The van der Waals surface area contributed by atoms with Crippen molar-refractivity contribution in [1.29, 1.82) is 0 Å². The van der Waals surface area contributed by atoms with Crippen molar-refractivity contribution in [3.63, 3.8) is 0 Å². The van der Waals surface area contributed by atoms with Crippen molar-refractivity contribution in [1.82, 2.24) is 10.1 Å². The second-order valence-electron chi connectivity index (χ2n) is 4.58. The Morgan fingerprint density at radius 1 is 1.22 bits per heavy atom. The molecule has 5 nitrogen and oxygen atoms in total. The molecule has 0 saturated heterocycles. The van der Waals surface area contributed by atoms with Crippen molar-refractivity contribution in [2.75, 3.05) is 0 Å². The van der Waals surface area contributed by atoms with Crippen molar-refractivity contribution < 1.29 is 18.4 Å². The van der Waals surface area contributed by atoms with Gasteiger partial charge in [0.1, 0.15) is 5.82 Å². The summed E-state index contributed by atoms with van der Waals surface area (Å²) < 4.78 is 23.4. The monoisotopic (exact) mass is 332 g/mol. The minimum atomic E-state index is -0.800. The highest BCUT2D eigenvalue weighted by molar-refractivity contribution is 6.30. The third-order valence-corrected chi connectivity index (χ3v) is 3.21. The van der Waals surface area contributed by atoms with Crippen LogP contribution in [0.5, 0.6) is 0 Å². The Bertz CT molecular complexity index is 851. The van der Waals surface area contributed by atoms with Gasteiger partial charge in [-0.2, -0.15) is 4.98 Å². The van der Waals surface area contributed by atoms with Crippen LogP contribution in [0.3, 0.4) is 0 Å². The lowest BCUT2D eigenvalue weighted by Gasteiger charge is -2.02. The summed E-state index contributed by atoms with van der Waals surface area (Å²) in [6.45, 7) is -0.249. The fourth-order valence-electron chi connectivity index (χ4n) is 1.89. The maximum absolute atomic E-state index is 13.5. The second kappa shape index (κ2) is 6.58. The average molecular weight is 333 g/mol. The predicted octanol–water partition coefficient (Wildman–Crippen LogP) is 3.89. The van der Waals surface area contributed by atoms with E-state index in [9.17, 15) is 9.18 Å². The van der Waals surface area contributed by atoms with Crippen LogP contribution in [0.4, 0.5) is 4.39 Å². The van der Waals surface area contributed by atoms with E-state index in [0.29, 0.717) is 16.4 Å². The molecule has 0 bridgehead atoms. The van der Waals surface area contributed by atoms with Crippen molar-refractivity contribution in [2.24, 2.45) is 0 Å². The molecular weight excluding hydrogens is 323 g/mol. The molecule has 7 heteroatoms. The van der Waals surface area contributed by atoms with Gasteiger partial charge in [0, 0.05) is 10.6 Å². The van der Waals surface area contributed by atoms with Crippen LogP contribution >= 0.6 is 11.6 Å². The maximum Gasteiger partial charge on any atom is 0.341 e. The lowest BCUT2D eigenvalue weighted by molar-refractivity contribution is 0.0424. The number of benzene rings is 2. The normalized spacial score (nSPS) is 10.5. The predicted molar refractivity (Wildman–Crippen MR) is 80.3 cm³/mol. The third kappa shape index (κ3) is 3.54. The molecule has 0 aliphatic rings. The molecule has 0 radical (unpaired) electrons. The lowest BCUT2D eigenvalue weighted by atomic mass is 10.2. The van der Waals surface area contributed by atoms with E-state index in [1.165, 1.54) is 18.2 Å². The van der Waals surface area contributed by atoms with Gasteiger partial charge in [0.05, 0.1) is 5.56 Å². The maximum atomic E-state index is 13.5. The number of ether oxygens (including phenoxy) is 1. The van der Waals surface area contributed by atoms with Gasteiger partial charge in [-0.15, -0.1) is 0 Å². The second-order valence-corrected chi connectivity index (χ2v) is 5.01. The average Bonchev–Trinajstić information content (AvgIpc) is 3.02. The van der Waals surface area contributed by atoms with Gasteiger partial charge in [-0.3, -0.25) is 0 Å². The number of hydrogen-bond donors (Lipinski definition) is 0. The molecule has 23 heavy (non-hydrogen) atoms. The number of halogens is 2. The van der Waals surface area contributed by atoms with Gasteiger partial charge >= 0.3 is 5.97 Å². The number of esters is 1. The number of rotatable bonds is 4. The number of carbonyl (C=O) groups excluding carboxylic acids is 1. The largest absolute Gasteiger partial charge is 0.452 e. The van der Waals surface area contributed by atoms with Gasteiger partial charge in [-0.25, -0.2) is 9.18 Å². The molecule has 116 valence electrons. The Labute approximate surface area is 135 Å².